The lowest BCUT2D eigenvalue weighted by Gasteiger charge is -2.24. The molecule has 8 heteroatoms. The number of nitrogens with zero attached hydrogens (tertiary/aromatic N) is 2. The summed E-state index contributed by atoms with van der Waals surface area (Å²) in [5.74, 6) is 0.641. The van der Waals surface area contributed by atoms with Crippen LogP contribution in [0.25, 0.3) is 0 Å². The smallest absolute Gasteiger partial charge is 0.243 e. The van der Waals surface area contributed by atoms with E-state index in [-0.39, 0.29) is 48.6 Å². The van der Waals surface area contributed by atoms with Gasteiger partial charge in [0, 0.05) is 40.4 Å². The van der Waals surface area contributed by atoms with Gasteiger partial charge < -0.3 is 25.0 Å². The van der Waals surface area contributed by atoms with E-state index in [4.69, 9.17) is 9.47 Å². The van der Waals surface area contributed by atoms with Crippen LogP contribution in [0.5, 0.6) is 0 Å². The second kappa shape index (κ2) is 11.9. The van der Waals surface area contributed by atoms with E-state index < -0.39 is 0 Å². The van der Waals surface area contributed by atoms with Crippen LogP contribution in [0.3, 0.4) is 0 Å². The molecule has 0 spiro atoms. The van der Waals surface area contributed by atoms with Crippen LogP contribution in [0.2, 0.25) is 0 Å². The minimum absolute atomic E-state index is 0. The fourth-order valence-electron chi connectivity index (χ4n) is 2.66. The molecule has 24 heavy (non-hydrogen) atoms. The van der Waals surface area contributed by atoms with Crippen molar-refractivity contribution in [1.82, 2.24) is 15.5 Å². The molecule has 2 rings (SSSR count). The highest BCUT2D eigenvalue weighted by Gasteiger charge is 2.17. The average Bonchev–Trinajstić information content (AvgIpc) is 3.08. The zero-order chi connectivity index (χ0) is 16.5. The number of ether oxygens (including phenoxy) is 2. The number of aliphatic imine (C=N–C) groups is 1. The van der Waals surface area contributed by atoms with Crippen molar-refractivity contribution in [2.75, 3.05) is 46.9 Å². The van der Waals surface area contributed by atoms with E-state index >= 15 is 0 Å². The van der Waals surface area contributed by atoms with Gasteiger partial charge in [-0.2, -0.15) is 0 Å². The minimum Gasteiger partial charge on any atom is -0.376 e. The summed E-state index contributed by atoms with van der Waals surface area (Å²) in [6.45, 7) is 3.24. The van der Waals surface area contributed by atoms with E-state index in [0.717, 1.165) is 38.9 Å². The Bertz CT molecular complexity index is 395. The van der Waals surface area contributed by atoms with Gasteiger partial charge in [0.2, 0.25) is 5.91 Å². The summed E-state index contributed by atoms with van der Waals surface area (Å²) in [6.07, 6.45) is 6.07. The first-order chi connectivity index (χ1) is 11.1. The van der Waals surface area contributed by atoms with E-state index in [1.807, 2.05) is 0 Å². The number of likely N-dealkylation sites (N-methyl/N-ethyl adjacent to an activating group) is 1. The second-order valence-corrected chi connectivity index (χ2v) is 6.34. The fraction of sp³-hybridized carbons (Fsp3) is 0.875. The Morgan fingerprint density at radius 2 is 1.62 bits per heavy atom. The fourth-order valence-corrected chi connectivity index (χ4v) is 2.66. The second-order valence-electron chi connectivity index (χ2n) is 6.34. The number of hydrogen-bond acceptors (Lipinski definition) is 4. The van der Waals surface area contributed by atoms with Gasteiger partial charge in [-0.15, -0.1) is 24.0 Å². The molecular weight excluding hydrogens is 423 g/mol. The first-order valence-corrected chi connectivity index (χ1v) is 8.60. The van der Waals surface area contributed by atoms with Gasteiger partial charge in [0.05, 0.1) is 12.2 Å². The van der Waals surface area contributed by atoms with Gasteiger partial charge in [0.1, 0.15) is 6.54 Å². The topological polar surface area (TPSA) is 75.2 Å². The molecule has 140 valence electrons. The van der Waals surface area contributed by atoms with Crippen LogP contribution in [-0.4, -0.2) is 75.9 Å². The molecule has 2 saturated heterocycles. The number of carbonyl (C=O) groups excluding carboxylic acids is 1. The Labute approximate surface area is 161 Å². The monoisotopic (exact) mass is 454 g/mol. The molecule has 2 unspecified atom stereocenters. The Hall–Kier alpha value is -0.610. The van der Waals surface area contributed by atoms with Crippen LogP contribution in [-0.2, 0) is 14.3 Å². The Morgan fingerprint density at radius 1 is 1.04 bits per heavy atom. The molecule has 0 aromatic carbocycles. The molecule has 2 atom stereocenters. The summed E-state index contributed by atoms with van der Waals surface area (Å²) in [6, 6.07) is 0. The van der Waals surface area contributed by atoms with Gasteiger partial charge in [-0.25, -0.2) is 4.99 Å². The third-order valence-electron chi connectivity index (χ3n) is 4.16. The van der Waals surface area contributed by atoms with E-state index in [2.05, 4.69) is 15.6 Å². The third kappa shape index (κ3) is 7.98. The molecule has 0 bridgehead atoms. The lowest BCUT2D eigenvalue weighted by Crippen LogP contribution is -2.45. The minimum atomic E-state index is -0.0165. The molecular formula is C16H31IN4O3. The van der Waals surface area contributed by atoms with Gasteiger partial charge >= 0.3 is 0 Å². The largest absolute Gasteiger partial charge is 0.376 e. The number of guanidine groups is 1. The normalized spacial score (nSPS) is 24.2. The first kappa shape index (κ1) is 21.4. The van der Waals surface area contributed by atoms with E-state index in [1.54, 1.807) is 19.0 Å². The highest BCUT2D eigenvalue weighted by atomic mass is 127. The summed E-state index contributed by atoms with van der Waals surface area (Å²) in [7, 11) is 3.47. The van der Waals surface area contributed by atoms with Gasteiger partial charge in [-0.05, 0) is 32.1 Å². The summed E-state index contributed by atoms with van der Waals surface area (Å²) < 4.78 is 11.3. The number of carbonyl (C=O) groups is 1. The van der Waals surface area contributed by atoms with E-state index in [1.165, 1.54) is 6.42 Å². The molecule has 2 fully saturated rings. The molecule has 0 radical (unpaired) electrons. The molecule has 0 aliphatic carbocycles. The zero-order valence-corrected chi connectivity index (χ0v) is 17.1. The molecule has 2 aliphatic rings. The van der Waals surface area contributed by atoms with E-state index in [0.29, 0.717) is 19.0 Å². The predicted molar refractivity (Wildman–Crippen MR) is 105 cm³/mol. The van der Waals surface area contributed by atoms with Crippen LogP contribution >= 0.6 is 24.0 Å². The van der Waals surface area contributed by atoms with Crippen molar-refractivity contribution in [2.45, 2.75) is 44.3 Å². The number of nitrogens with one attached hydrogen (secondary N) is 2. The number of halogens is 1. The lowest BCUT2D eigenvalue weighted by atomic mass is 10.1. The van der Waals surface area contributed by atoms with Crippen molar-refractivity contribution in [3.8, 4) is 0 Å². The summed E-state index contributed by atoms with van der Waals surface area (Å²) in [5.41, 5.74) is 0. The van der Waals surface area contributed by atoms with Gasteiger partial charge in [0.25, 0.3) is 0 Å². The van der Waals surface area contributed by atoms with Crippen LogP contribution in [0.15, 0.2) is 4.99 Å². The van der Waals surface area contributed by atoms with Gasteiger partial charge in [0.15, 0.2) is 5.96 Å². The van der Waals surface area contributed by atoms with Crippen LogP contribution in [0, 0.1) is 0 Å². The molecule has 1 amide bonds. The third-order valence-corrected chi connectivity index (χ3v) is 4.16. The van der Waals surface area contributed by atoms with Gasteiger partial charge in [-0.1, -0.05) is 0 Å². The van der Waals surface area contributed by atoms with Crippen LogP contribution in [0.1, 0.15) is 32.1 Å². The lowest BCUT2D eigenvalue weighted by molar-refractivity contribution is -0.127. The van der Waals surface area contributed by atoms with Crippen molar-refractivity contribution in [3.63, 3.8) is 0 Å². The van der Waals surface area contributed by atoms with Crippen molar-refractivity contribution in [2.24, 2.45) is 4.99 Å². The average molecular weight is 454 g/mol. The number of rotatable bonds is 6. The Morgan fingerprint density at radius 3 is 2.12 bits per heavy atom. The molecule has 0 aromatic rings. The van der Waals surface area contributed by atoms with Crippen molar-refractivity contribution < 1.29 is 14.3 Å². The summed E-state index contributed by atoms with van der Waals surface area (Å²) in [4.78, 5) is 17.7. The highest BCUT2D eigenvalue weighted by molar-refractivity contribution is 14.0. The first-order valence-electron chi connectivity index (χ1n) is 8.60. The maximum Gasteiger partial charge on any atom is 0.243 e. The Balaban J connectivity index is 0.00000288. The van der Waals surface area contributed by atoms with Crippen molar-refractivity contribution in [1.29, 1.82) is 0 Å². The van der Waals surface area contributed by atoms with E-state index in [9.17, 15) is 4.79 Å². The molecule has 0 saturated carbocycles. The molecule has 7 nitrogen and oxygen atoms in total. The maximum absolute atomic E-state index is 11.7. The van der Waals surface area contributed by atoms with Crippen LogP contribution < -0.4 is 10.6 Å². The molecule has 0 aromatic heterocycles. The van der Waals surface area contributed by atoms with Gasteiger partial charge in [-0.3, -0.25) is 4.79 Å². The molecule has 2 N–H and O–H groups in total. The standard InChI is InChI=1S/C16H30N4O3.HI/c1-20(2)15(21)12-19-16(18-11-14-7-5-9-23-14)17-10-13-6-3-4-8-22-13;/h13-14H,3-12H2,1-2H3,(H2,17,18,19);1H. The number of amides is 1. The highest BCUT2D eigenvalue weighted by Crippen LogP contribution is 2.12. The maximum atomic E-state index is 11.7. The van der Waals surface area contributed by atoms with Crippen LogP contribution in [0.4, 0.5) is 0 Å². The van der Waals surface area contributed by atoms with Crippen molar-refractivity contribution in [3.05, 3.63) is 0 Å². The Kier molecular flexibility index (Phi) is 10.6. The molecule has 2 aliphatic heterocycles. The predicted octanol–water partition coefficient (Wildman–Crippen LogP) is 0.976. The quantitative estimate of drug-likeness (QED) is 0.356. The summed E-state index contributed by atoms with van der Waals surface area (Å²) >= 11 is 0. The molecule has 2 heterocycles. The number of hydrogen-bond donors (Lipinski definition) is 2. The zero-order valence-electron chi connectivity index (χ0n) is 14.8. The van der Waals surface area contributed by atoms with Crippen molar-refractivity contribution >= 4 is 35.8 Å². The SMILES string of the molecule is CN(C)C(=O)CN=C(NCC1CCCCO1)NCC1CCCO1.I. The summed E-state index contributed by atoms with van der Waals surface area (Å²) in [5, 5.41) is 6.58.